The second-order valence-corrected chi connectivity index (χ2v) is 9.13. The van der Waals surface area contributed by atoms with Crippen molar-refractivity contribution in [2.75, 3.05) is 19.6 Å². The summed E-state index contributed by atoms with van der Waals surface area (Å²) in [4.78, 5) is 41.8. The Kier molecular flexibility index (Phi) is 9.40. The van der Waals surface area contributed by atoms with E-state index >= 15 is 0 Å². The van der Waals surface area contributed by atoms with Gasteiger partial charge in [0.1, 0.15) is 17.1 Å². The van der Waals surface area contributed by atoms with E-state index in [0.29, 0.717) is 29.8 Å². The number of dihydropyridines is 1. The monoisotopic (exact) mass is 504 g/mol. The van der Waals surface area contributed by atoms with Gasteiger partial charge in [0.25, 0.3) is 0 Å². The van der Waals surface area contributed by atoms with Crippen molar-refractivity contribution in [3.63, 3.8) is 0 Å². The normalized spacial score (nSPS) is 18.3. The third-order valence-electron chi connectivity index (χ3n) is 6.60. The van der Waals surface area contributed by atoms with Gasteiger partial charge in [-0.3, -0.25) is 14.6 Å². The summed E-state index contributed by atoms with van der Waals surface area (Å²) in [6, 6.07) is 10.0. The molecule has 1 aromatic carbocycles. The third kappa shape index (κ3) is 5.35. The summed E-state index contributed by atoms with van der Waals surface area (Å²) in [6.45, 7) is 10.8. The summed E-state index contributed by atoms with van der Waals surface area (Å²) >= 11 is 0. The van der Waals surface area contributed by atoms with Crippen LogP contribution in [0.5, 0.6) is 0 Å². The number of hydrogen-bond donors (Lipinski definition) is 1. The predicted octanol–water partition coefficient (Wildman–Crippen LogP) is 4.96. The second-order valence-electron chi connectivity index (χ2n) is 9.13. The summed E-state index contributed by atoms with van der Waals surface area (Å²) < 4.78 is 0. The molecule has 184 valence electrons. The van der Waals surface area contributed by atoms with E-state index in [0.717, 1.165) is 43.0 Å². The van der Waals surface area contributed by atoms with Crippen molar-refractivity contribution >= 4 is 48.2 Å². The Hall–Kier alpha value is -2.28. The zero-order valence-electron chi connectivity index (χ0n) is 20.3. The Bertz CT molecular complexity index is 1090. The van der Waals surface area contributed by atoms with Crippen LogP contribution < -0.4 is 0 Å². The molecule has 1 unspecified atom stereocenters. The Morgan fingerprint density at radius 1 is 1.06 bits per heavy atom. The van der Waals surface area contributed by atoms with Crippen LogP contribution >= 0.6 is 24.8 Å². The lowest BCUT2D eigenvalue weighted by Gasteiger charge is -2.32. The first-order valence-electron chi connectivity index (χ1n) is 11.6. The lowest BCUT2D eigenvalue weighted by molar-refractivity contribution is -0.119. The van der Waals surface area contributed by atoms with Crippen LogP contribution in [0, 0.1) is 5.92 Å². The molecule has 6 nitrogen and oxygen atoms in total. The summed E-state index contributed by atoms with van der Waals surface area (Å²) in [5, 5.41) is 0. The number of nitrogens with zero attached hydrogens (tertiary/aromatic N) is 3. The van der Waals surface area contributed by atoms with Crippen molar-refractivity contribution in [3.05, 3.63) is 58.7 Å². The number of aromatic amines is 1. The molecular weight excluding hydrogens is 471 g/mol. The van der Waals surface area contributed by atoms with Crippen molar-refractivity contribution in [1.82, 2.24) is 14.9 Å². The number of nitrogens with one attached hydrogen (secondary N) is 1. The quantitative estimate of drug-likeness (QED) is 0.550. The predicted molar refractivity (Wildman–Crippen MR) is 142 cm³/mol. The molecule has 0 spiro atoms. The molecule has 1 aliphatic heterocycles. The topological polar surface area (TPSA) is 78.4 Å². The fraction of sp³-hybridized carbons (Fsp3) is 0.462. The number of halogens is 2. The Labute approximate surface area is 214 Å². The average Bonchev–Trinajstić information content (AvgIpc) is 3.20. The van der Waals surface area contributed by atoms with Crippen molar-refractivity contribution in [1.29, 1.82) is 0 Å². The molecule has 1 aliphatic carbocycles. The number of allylic oxidation sites excluding steroid dienone is 1. The summed E-state index contributed by atoms with van der Waals surface area (Å²) in [5.41, 5.74) is 2.71. The number of H-pyrrole nitrogens is 1. The van der Waals surface area contributed by atoms with Gasteiger partial charge < -0.3 is 9.88 Å². The number of Topliss-reactive ketones (excluding diaryl/α,β-unsaturated/α-hetero) is 2. The first-order chi connectivity index (χ1) is 15.4. The molecule has 0 fully saturated rings. The van der Waals surface area contributed by atoms with E-state index in [-0.39, 0.29) is 36.4 Å². The molecule has 1 N–H and O–H groups in total. The number of carbonyl (C=O) groups excluding carboxylic acids is 2. The molecule has 1 atom stereocenters. The number of carbonyl (C=O) groups is 2. The van der Waals surface area contributed by atoms with E-state index in [1.807, 2.05) is 44.2 Å². The Balaban J connectivity index is 0.00000204. The number of imidazole rings is 1. The smallest absolute Gasteiger partial charge is 0.191 e. The summed E-state index contributed by atoms with van der Waals surface area (Å²) in [5.74, 6) is 0.171. The van der Waals surface area contributed by atoms with Gasteiger partial charge in [-0.1, -0.05) is 44.2 Å². The van der Waals surface area contributed by atoms with E-state index in [1.54, 1.807) is 6.21 Å². The first kappa shape index (κ1) is 28.0. The van der Waals surface area contributed by atoms with Crippen LogP contribution in [-0.2, 0) is 11.2 Å². The molecule has 0 amide bonds. The molecule has 34 heavy (non-hydrogen) atoms. The van der Waals surface area contributed by atoms with Gasteiger partial charge in [0, 0.05) is 23.8 Å². The zero-order chi connectivity index (χ0) is 22.9. The highest BCUT2D eigenvalue weighted by Crippen LogP contribution is 2.40. The number of aliphatic imine (C=N–C) groups is 1. The molecule has 8 heteroatoms. The number of benzene rings is 1. The van der Waals surface area contributed by atoms with Crippen molar-refractivity contribution in [3.8, 4) is 0 Å². The second kappa shape index (κ2) is 11.4. The van der Waals surface area contributed by atoms with Crippen LogP contribution in [0.2, 0.25) is 0 Å². The standard InChI is InChI=1S/C26H32N4O2.2ClH/c1-5-30(6-2)14-10-13-18-21-19(16-27-26(3,4)25(21)32)22-23(24(18)31)29-20(28-22)15-17-11-8-7-9-12-17;;/h7-9,11-12,16,18H,5-6,10,13-15H2,1-4H3,(H,28,29);2*1H. The number of aromatic nitrogens is 2. The molecule has 2 aliphatic rings. The lowest BCUT2D eigenvalue weighted by atomic mass is 9.73. The van der Waals surface area contributed by atoms with Crippen LogP contribution in [0.25, 0.3) is 5.57 Å². The van der Waals surface area contributed by atoms with Gasteiger partial charge in [-0.05, 0) is 51.9 Å². The number of ketones is 2. The molecule has 2 aromatic rings. The molecule has 4 rings (SSSR count). The van der Waals surface area contributed by atoms with Gasteiger partial charge in [-0.15, -0.1) is 24.8 Å². The first-order valence-corrected chi connectivity index (χ1v) is 11.6. The summed E-state index contributed by atoms with van der Waals surface area (Å²) in [7, 11) is 0. The van der Waals surface area contributed by atoms with Crippen LogP contribution in [0.1, 0.15) is 68.1 Å². The summed E-state index contributed by atoms with van der Waals surface area (Å²) in [6.07, 6.45) is 3.87. The molecule has 2 heterocycles. The van der Waals surface area contributed by atoms with Crippen LogP contribution in [0.15, 0.2) is 40.9 Å². The van der Waals surface area contributed by atoms with Crippen LogP contribution in [0.3, 0.4) is 0 Å². The van der Waals surface area contributed by atoms with E-state index in [2.05, 4.69) is 33.7 Å². The number of rotatable bonds is 8. The lowest BCUT2D eigenvalue weighted by Crippen LogP contribution is -2.41. The Morgan fingerprint density at radius 3 is 2.38 bits per heavy atom. The zero-order valence-corrected chi connectivity index (χ0v) is 21.9. The highest BCUT2D eigenvalue weighted by Gasteiger charge is 2.45. The van der Waals surface area contributed by atoms with Gasteiger partial charge in [0.05, 0.1) is 11.6 Å². The van der Waals surface area contributed by atoms with Gasteiger partial charge in [-0.2, -0.15) is 0 Å². The minimum absolute atomic E-state index is 0. The van der Waals surface area contributed by atoms with Gasteiger partial charge in [0.15, 0.2) is 11.6 Å². The minimum atomic E-state index is -0.847. The fourth-order valence-electron chi connectivity index (χ4n) is 4.65. The van der Waals surface area contributed by atoms with E-state index in [9.17, 15) is 9.59 Å². The van der Waals surface area contributed by atoms with E-state index in [1.165, 1.54) is 0 Å². The van der Waals surface area contributed by atoms with Crippen LogP contribution in [0.4, 0.5) is 0 Å². The number of fused-ring (bicyclic) bond motifs is 2. The van der Waals surface area contributed by atoms with Crippen molar-refractivity contribution in [2.24, 2.45) is 10.9 Å². The molecule has 0 saturated heterocycles. The van der Waals surface area contributed by atoms with Gasteiger partial charge >= 0.3 is 0 Å². The fourth-order valence-corrected chi connectivity index (χ4v) is 4.65. The van der Waals surface area contributed by atoms with Gasteiger partial charge in [0.2, 0.25) is 0 Å². The van der Waals surface area contributed by atoms with Gasteiger partial charge in [-0.25, -0.2) is 4.98 Å². The molecule has 0 radical (unpaired) electrons. The average molecular weight is 505 g/mol. The maximum atomic E-state index is 13.6. The number of hydrogen-bond acceptors (Lipinski definition) is 5. The maximum absolute atomic E-state index is 13.6. The molecule has 0 bridgehead atoms. The maximum Gasteiger partial charge on any atom is 0.191 e. The molecule has 0 saturated carbocycles. The third-order valence-corrected chi connectivity index (χ3v) is 6.60. The van der Waals surface area contributed by atoms with Crippen LogP contribution in [-0.4, -0.2) is 57.8 Å². The largest absolute Gasteiger partial charge is 0.341 e. The van der Waals surface area contributed by atoms with E-state index < -0.39 is 11.5 Å². The SMILES string of the molecule is CCN(CC)CCCC1C(=O)c2nc(Cc3ccccc3)[nH]c2C2=C1C(=O)C(C)(C)N=C2.Cl.Cl. The van der Waals surface area contributed by atoms with E-state index in [4.69, 9.17) is 0 Å². The van der Waals surface area contributed by atoms with Crippen molar-refractivity contribution < 1.29 is 9.59 Å². The minimum Gasteiger partial charge on any atom is -0.341 e. The Morgan fingerprint density at radius 2 is 1.74 bits per heavy atom. The molecular formula is C26H34Cl2N4O2. The highest BCUT2D eigenvalue weighted by molar-refractivity contribution is 6.30. The van der Waals surface area contributed by atoms with Crippen molar-refractivity contribution in [2.45, 2.75) is 52.5 Å². The molecule has 1 aromatic heterocycles. The highest BCUT2D eigenvalue weighted by atomic mass is 35.5.